The molecule has 2 aromatic carbocycles. The van der Waals surface area contributed by atoms with Gasteiger partial charge in [0.15, 0.2) is 10.9 Å². The number of ether oxygens (including phenoxy) is 2. The molecule has 0 saturated carbocycles. The summed E-state index contributed by atoms with van der Waals surface area (Å²) >= 11 is 1.29. The maximum absolute atomic E-state index is 12.1. The van der Waals surface area contributed by atoms with Gasteiger partial charge in [0.2, 0.25) is 5.91 Å². The van der Waals surface area contributed by atoms with Crippen molar-refractivity contribution in [2.24, 2.45) is 0 Å². The van der Waals surface area contributed by atoms with Crippen LogP contribution in [0, 0.1) is 10.1 Å². The van der Waals surface area contributed by atoms with E-state index in [0.29, 0.717) is 22.3 Å². The molecule has 0 unspecified atom stereocenters. The lowest BCUT2D eigenvalue weighted by Crippen LogP contribution is -2.22. The molecule has 1 amide bonds. The molecule has 1 aromatic heterocycles. The Morgan fingerprint density at radius 1 is 1.25 bits per heavy atom. The van der Waals surface area contributed by atoms with Gasteiger partial charge in [0.05, 0.1) is 29.5 Å². The van der Waals surface area contributed by atoms with Crippen molar-refractivity contribution in [3.63, 3.8) is 0 Å². The third-order valence-electron chi connectivity index (χ3n) is 3.80. The first-order chi connectivity index (χ1) is 13.5. The van der Waals surface area contributed by atoms with E-state index in [1.165, 1.54) is 42.4 Å². The molecule has 8 nitrogen and oxygen atoms in total. The zero-order valence-electron chi connectivity index (χ0n) is 15.2. The summed E-state index contributed by atoms with van der Waals surface area (Å²) in [5.41, 5.74) is 1.08. The summed E-state index contributed by atoms with van der Waals surface area (Å²) in [6.45, 7) is 1.50. The van der Waals surface area contributed by atoms with Gasteiger partial charge < -0.3 is 9.47 Å². The molecule has 28 heavy (non-hydrogen) atoms. The van der Waals surface area contributed by atoms with Gasteiger partial charge in [-0.15, -0.1) is 11.3 Å². The number of aromatic nitrogens is 1. The number of carbonyl (C=O) groups excluding carboxylic acids is 1. The highest BCUT2D eigenvalue weighted by Gasteiger charge is 2.19. The topological polar surface area (TPSA) is 94.8 Å². The Hall–Kier alpha value is -3.46. The molecule has 3 rings (SSSR count). The highest BCUT2D eigenvalue weighted by atomic mass is 32.1. The highest BCUT2D eigenvalue weighted by Crippen LogP contribution is 2.33. The molecule has 1 heterocycles. The summed E-state index contributed by atoms with van der Waals surface area (Å²) in [7, 11) is 1.43. The number of rotatable bonds is 7. The molecule has 0 saturated heterocycles. The van der Waals surface area contributed by atoms with Crippen LogP contribution in [0.25, 0.3) is 0 Å². The normalized spacial score (nSPS) is 10.4. The SMILES string of the molecule is COc1ccc(OCc2csc(N(C(C)=O)c3ccccc3)n2)c([N+](=O)[O-])c1. The summed E-state index contributed by atoms with van der Waals surface area (Å²) in [6.07, 6.45) is 0. The number of amides is 1. The number of hydrogen-bond acceptors (Lipinski definition) is 7. The van der Waals surface area contributed by atoms with E-state index in [9.17, 15) is 14.9 Å². The molecule has 0 aliphatic carbocycles. The Balaban J connectivity index is 1.78. The van der Waals surface area contributed by atoms with Crippen LogP contribution in [-0.4, -0.2) is 22.9 Å². The van der Waals surface area contributed by atoms with Gasteiger partial charge in [0.25, 0.3) is 0 Å². The van der Waals surface area contributed by atoms with E-state index in [4.69, 9.17) is 9.47 Å². The number of carbonyl (C=O) groups is 1. The molecule has 0 N–H and O–H groups in total. The fourth-order valence-corrected chi connectivity index (χ4v) is 3.38. The molecular formula is C19H17N3O5S. The van der Waals surface area contributed by atoms with Crippen molar-refractivity contribution in [3.05, 3.63) is 69.7 Å². The zero-order chi connectivity index (χ0) is 20.1. The average molecular weight is 399 g/mol. The lowest BCUT2D eigenvalue weighted by atomic mass is 10.3. The number of nitrogens with zero attached hydrogens (tertiary/aromatic N) is 3. The van der Waals surface area contributed by atoms with E-state index < -0.39 is 4.92 Å². The van der Waals surface area contributed by atoms with Crippen molar-refractivity contribution in [3.8, 4) is 11.5 Å². The standard InChI is InChI=1S/C19H17N3O5S/c1-13(23)21(15-6-4-3-5-7-15)19-20-14(12-28-19)11-27-18-9-8-16(26-2)10-17(18)22(24)25/h3-10,12H,11H2,1-2H3. The third-order valence-corrected chi connectivity index (χ3v) is 4.67. The molecular weight excluding hydrogens is 382 g/mol. The van der Waals surface area contributed by atoms with Crippen molar-refractivity contribution >= 4 is 33.8 Å². The summed E-state index contributed by atoms with van der Waals surface area (Å²) in [5, 5.41) is 13.5. The maximum atomic E-state index is 12.1. The number of thiazole rings is 1. The zero-order valence-corrected chi connectivity index (χ0v) is 16.0. The molecule has 0 radical (unpaired) electrons. The van der Waals surface area contributed by atoms with Crippen LogP contribution in [0.2, 0.25) is 0 Å². The number of para-hydroxylation sites is 1. The largest absolute Gasteiger partial charge is 0.496 e. The minimum absolute atomic E-state index is 0.0319. The van der Waals surface area contributed by atoms with Crippen LogP contribution in [-0.2, 0) is 11.4 Å². The summed E-state index contributed by atoms with van der Waals surface area (Å²) in [4.78, 5) is 28.7. The molecule has 9 heteroatoms. The van der Waals surface area contributed by atoms with Crippen LogP contribution in [0.4, 0.5) is 16.5 Å². The van der Waals surface area contributed by atoms with Gasteiger partial charge >= 0.3 is 5.69 Å². The lowest BCUT2D eigenvalue weighted by Gasteiger charge is -2.17. The van der Waals surface area contributed by atoms with Crippen LogP contribution < -0.4 is 14.4 Å². The van der Waals surface area contributed by atoms with E-state index >= 15 is 0 Å². The second kappa shape index (κ2) is 8.49. The first-order valence-electron chi connectivity index (χ1n) is 8.25. The number of methoxy groups -OCH3 is 1. The summed E-state index contributed by atoms with van der Waals surface area (Å²) < 4.78 is 10.6. The van der Waals surface area contributed by atoms with Crippen molar-refractivity contribution in [1.82, 2.24) is 4.98 Å². The molecule has 0 fully saturated rings. The second-order valence-corrected chi connectivity index (χ2v) is 6.53. The van der Waals surface area contributed by atoms with E-state index in [-0.39, 0.29) is 24.0 Å². The molecule has 0 aliphatic rings. The molecule has 0 bridgehead atoms. The Morgan fingerprint density at radius 3 is 2.64 bits per heavy atom. The van der Waals surface area contributed by atoms with Crippen molar-refractivity contribution < 1.29 is 19.2 Å². The fourth-order valence-electron chi connectivity index (χ4n) is 2.51. The average Bonchev–Trinajstić information content (AvgIpc) is 3.15. The van der Waals surface area contributed by atoms with Gasteiger partial charge in [-0.2, -0.15) is 0 Å². The van der Waals surface area contributed by atoms with Crippen molar-refractivity contribution in [2.75, 3.05) is 12.0 Å². The van der Waals surface area contributed by atoms with E-state index in [1.807, 2.05) is 30.3 Å². The monoisotopic (exact) mass is 399 g/mol. The summed E-state index contributed by atoms with van der Waals surface area (Å²) in [5.74, 6) is 0.320. The molecule has 0 spiro atoms. The van der Waals surface area contributed by atoms with Gasteiger partial charge in [-0.05, 0) is 24.3 Å². The third kappa shape index (κ3) is 4.26. The van der Waals surface area contributed by atoms with Crippen LogP contribution in [0.5, 0.6) is 11.5 Å². The van der Waals surface area contributed by atoms with Crippen LogP contribution in [0.1, 0.15) is 12.6 Å². The summed E-state index contributed by atoms with van der Waals surface area (Å²) in [6, 6.07) is 13.5. The van der Waals surface area contributed by atoms with Crippen molar-refractivity contribution in [2.45, 2.75) is 13.5 Å². The molecule has 0 atom stereocenters. The smallest absolute Gasteiger partial charge is 0.314 e. The van der Waals surface area contributed by atoms with Gasteiger partial charge in [0, 0.05) is 12.3 Å². The number of benzene rings is 2. The number of anilines is 2. The number of nitro benzene ring substituents is 1. The predicted molar refractivity (Wildman–Crippen MR) is 105 cm³/mol. The Kier molecular flexibility index (Phi) is 5.85. The maximum Gasteiger partial charge on any atom is 0.314 e. The first-order valence-corrected chi connectivity index (χ1v) is 9.13. The Labute approximate surface area is 165 Å². The first kappa shape index (κ1) is 19.3. The predicted octanol–water partition coefficient (Wildman–Crippen LogP) is 4.32. The number of nitro groups is 1. The van der Waals surface area contributed by atoms with Crippen LogP contribution in [0.3, 0.4) is 0 Å². The fraction of sp³-hybridized carbons (Fsp3) is 0.158. The molecule has 144 valence electrons. The molecule has 0 aliphatic heterocycles. The molecule has 3 aromatic rings. The Bertz CT molecular complexity index is 990. The highest BCUT2D eigenvalue weighted by molar-refractivity contribution is 7.14. The number of hydrogen-bond donors (Lipinski definition) is 0. The quantitative estimate of drug-likeness (QED) is 0.434. The van der Waals surface area contributed by atoms with Gasteiger partial charge in [-0.1, -0.05) is 18.2 Å². The van der Waals surface area contributed by atoms with E-state index in [0.717, 1.165) is 0 Å². The van der Waals surface area contributed by atoms with E-state index in [1.54, 1.807) is 11.4 Å². The van der Waals surface area contributed by atoms with Gasteiger partial charge in [-0.3, -0.25) is 19.8 Å². The van der Waals surface area contributed by atoms with Crippen molar-refractivity contribution in [1.29, 1.82) is 0 Å². The van der Waals surface area contributed by atoms with Gasteiger partial charge in [0.1, 0.15) is 12.4 Å². The second-order valence-electron chi connectivity index (χ2n) is 5.69. The minimum atomic E-state index is -0.531. The Morgan fingerprint density at radius 2 is 2.00 bits per heavy atom. The van der Waals surface area contributed by atoms with Crippen LogP contribution in [0.15, 0.2) is 53.9 Å². The lowest BCUT2D eigenvalue weighted by molar-refractivity contribution is -0.386. The van der Waals surface area contributed by atoms with E-state index in [2.05, 4.69) is 4.98 Å². The van der Waals surface area contributed by atoms with Gasteiger partial charge in [-0.25, -0.2) is 4.98 Å². The van der Waals surface area contributed by atoms with Crippen LogP contribution >= 0.6 is 11.3 Å². The minimum Gasteiger partial charge on any atom is -0.496 e.